The molecule has 0 aliphatic heterocycles. The fourth-order valence-corrected chi connectivity index (χ4v) is 2.19. The Hall–Kier alpha value is -1.74. The van der Waals surface area contributed by atoms with Crippen LogP contribution >= 0.6 is 0 Å². The monoisotopic (exact) mass is 269 g/mol. The topological polar surface area (TPSA) is 37.8 Å². The molecule has 0 bridgehead atoms. The van der Waals surface area contributed by atoms with Crippen LogP contribution in [0.2, 0.25) is 0 Å². The summed E-state index contributed by atoms with van der Waals surface area (Å²) >= 11 is 0. The summed E-state index contributed by atoms with van der Waals surface area (Å²) < 4.78 is 0. The molecule has 1 unspecified atom stereocenters. The lowest BCUT2D eigenvalue weighted by Crippen LogP contribution is -2.21. The van der Waals surface area contributed by atoms with Crippen molar-refractivity contribution in [2.24, 2.45) is 0 Å². The molecule has 0 fully saturated rings. The highest BCUT2D eigenvalue weighted by Gasteiger charge is 2.15. The third-order valence-corrected chi connectivity index (χ3v) is 3.51. The average Bonchev–Trinajstić information content (AvgIpc) is 2.45. The minimum absolute atomic E-state index is 0.150. The Labute approximate surface area is 121 Å². The summed E-state index contributed by atoms with van der Waals surface area (Å²) in [6, 6.07) is 10.8. The van der Waals surface area contributed by atoms with E-state index in [1.54, 1.807) is 12.4 Å². The average molecular weight is 269 g/mol. The zero-order chi connectivity index (χ0) is 14.6. The third kappa shape index (κ3) is 3.64. The second-order valence-electron chi connectivity index (χ2n) is 6.10. The maximum absolute atomic E-state index is 4.33. The molecule has 2 rings (SSSR count). The molecule has 20 heavy (non-hydrogen) atoms. The lowest BCUT2D eigenvalue weighted by Gasteiger charge is -2.20. The summed E-state index contributed by atoms with van der Waals surface area (Å²) in [7, 11) is 1.95. The second-order valence-corrected chi connectivity index (χ2v) is 6.10. The first-order valence-corrected chi connectivity index (χ1v) is 7.04. The van der Waals surface area contributed by atoms with Crippen molar-refractivity contribution in [2.75, 3.05) is 7.05 Å². The van der Waals surface area contributed by atoms with Crippen LogP contribution in [0.3, 0.4) is 0 Å². The SMILES string of the molecule is CNC(Cc1ccc(C(C)(C)C)cc1)c1ncccn1. The molecule has 1 N–H and O–H groups in total. The van der Waals surface area contributed by atoms with E-state index in [4.69, 9.17) is 0 Å². The highest BCUT2D eigenvalue weighted by Crippen LogP contribution is 2.23. The minimum atomic E-state index is 0.150. The van der Waals surface area contributed by atoms with Crippen LogP contribution < -0.4 is 5.32 Å². The lowest BCUT2D eigenvalue weighted by atomic mass is 9.86. The van der Waals surface area contributed by atoms with Crippen molar-refractivity contribution in [2.45, 2.75) is 38.6 Å². The zero-order valence-corrected chi connectivity index (χ0v) is 12.7. The van der Waals surface area contributed by atoms with E-state index >= 15 is 0 Å². The summed E-state index contributed by atoms with van der Waals surface area (Å²) in [6.07, 6.45) is 4.47. The molecular formula is C17H23N3. The van der Waals surface area contributed by atoms with Crippen molar-refractivity contribution in [1.29, 1.82) is 0 Å². The largest absolute Gasteiger partial charge is 0.310 e. The zero-order valence-electron chi connectivity index (χ0n) is 12.7. The number of aromatic nitrogens is 2. The van der Waals surface area contributed by atoms with E-state index in [1.165, 1.54) is 11.1 Å². The molecular weight excluding hydrogens is 246 g/mol. The number of hydrogen-bond donors (Lipinski definition) is 1. The molecule has 0 aliphatic carbocycles. The second kappa shape index (κ2) is 6.14. The summed E-state index contributed by atoms with van der Waals surface area (Å²) in [5.74, 6) is 0.842. The third-order valence-electron chi connectivity index (χ3n) is 3.51. The van der Waals surface area contributed by atoms with Crippen molar-refractivity contribution in [1.82, 2.24) is 15.3 Å². The fourth-order valence-electron chi connectivity index (χ4n) is 2.19. The number of rotatable bonds is 4. The fraction of sp³-hybridized carbons (Fsp3) is 0.412. The van der Waals surface area contributed by atoms with Crippen molar-refractivity contribution < 1.29 is 0 Å². The van der Waals surface area contributed by atoms with Crippen molar-refractivity contribution in [3.05, 3.63) is 59.7 Å². The molecule has 0 aliphatic rings. The molecule has 3 heteroatoms. The van der Waals surface area contributed by atoms with Crippen LogP contribution in [0.25, 0.3) is 0 Å². The molecule has 1 atom stereocenters. The van der Waals surface area contributed by atoms with Crippen LogP contribution in [0.4, 0.5) is 0 Å². The number of nitrogens with zero attached hydrogens (tertiary/aromatic N) is 2. The van der Waals surface area contributed by atoms with E-state index in [9.17, 15) is 0 Å². The van der Waals surface area contributed by atoms with Crippen LogP contribution in [0.15, 0.2) is 42.7 Å². The van der Waals surface area contributed by atoms with Gasteiger partial charge in [-0.1, -0.05) is 45.0 Å². The summed E-state index contributed by atoms with van der Waals surface area (Å²) in [6.45, 7) is 6.70. The van der Waals surface area contributed by atoms with Gasteiger partial charge in [0.2, 0.25) is 0 Å². The first-order valence-electron chi connectivity index (χ1n) is 7.04. The van der Waals surface area contributed by atoms with Crippen LogP contribution in [-0.2, 0) is 11.8 Å². The smallest absolute Gasteiger partial charge is 0.145 e. The Morgan fingerprint density at radius 2 is 1.65 bits per heavy atom. The van der Waals surface area contributed by atoms with Gasteiger partial charge in [0.25, 0.3) is 0 Å². The van der Waals surface area contributed by atoms with Crippen molar-refractivity contribution >= 4 is 0 Å². The van der Waals surface area contributed by atoms with Crippen LogP contribution in [-0.4, -0.2) is 17.0 Å². The minimum Gasteiger partial charge on any atom is -0.310 e. The molecule has 106 valence electrons. The Morgan fingerprint density at radius 3 is 2.15 bits per heavy atom. The number of nitrogens with one attached hydrogen (secondary N) is 1. The van der Waals surface area contributed by atoms with E-state index in [0.717, 1.165) is 12.2 Å². The first-order chi connectivity index (χ1) is 9.50. The van der Waals surface area contributed by atoms with Gasteiger partial charge in [0.1, 0.15) is 5.82 Å². The lowest BCUT2D eigenvalue weighted by molar-refractivity contribution is 0.556. The molecule has 1 heterocycles. The summed E-state index contributed by atoms with van der Waals surface area (Å²) in [5.41, 5.74) is 2.85. The predicted octanol–water partition coefficient (Wildman–Crippen LogP) is 3.28. The molecule has 1 aromatic carbocycles. The molecule has 3 nitrogen and oxygen atoms in total. The summed E-state index contributed by atoms with van der Waals surface area (Å²) in [4.78, 5) is 8.66. The van der Waals surface area contributed by atoms with Gasteiger partial charge in [0.05, 0.1) is 6.04 Å². The molecule has 2 aromatic rings. The highest BCUT2D eigenvalue weighted by molar-refractivity contribution is 5.28. The predicted molar refractivity (Wildman–Crippen MR) is 82.7 cm³/mol. The van der Waals surface area contributed by atoms with Crippen LogP contribution in [0.1, 0.15) is 43.8 Å². The Morgan fingerprint density at radius 1 is 1.05 bits per heavy atom. The highest BCUT2D eigenvalue weighted by atomic mass is 15.0. The normalized spacial score (nSPS) is 13.2. The van der Waals surface area contributed by atoms with E-state index in [0.29, 0.717) is 0 Å². The van der Waals surface area contributed by atoms with Gasteiger partial charge in [0, 0.05) is 12.4 Å². The van der Waals surface area contributed by atoms with E-state index in [-0.39, 0.29) is 11.5 Å². The molecule has 1 aromatic heterocycles. The van der Waals surface area contributed by atoms with Crippen molar-refractivity contribution in [3.63, 3.8) is 0 Å². The maximum Gasteiger partial charge on any atom is 0.145 e. The van der Waals surface area contributed by atoms with E-state index < -0.39 is 0 Å². The Kier molecular flexibility index (Phi) is 4.50. The Bertz CT molecular complexity index is 526. The maximum atomic E-state index is 4.33. The Balaban J connectivity index is 2.13. The quantitative estimate of drug-likeness (QED) is 0.925. The van der Waals surface area contributed by atoms with Gasteiger partial charge < -0.3 is 5.32 Å². The number of benzene rings is 1. The van der Waals surface area contributed by atoms with Crippen molar-refractivity contribution in [3.8, 4) is 0 Å². The molecule has 0 radical (unpaired) electrons. The van der Waals surface area contributed by atoms with Gasteiger partial charge in [-0.25, -0.2) is 9.97 Å². The van der Waals surface area contributed by atoms with E-state index in [1.807, 2.05) is 13.1 Å². The molecule has 0 saturated carbocycles. The van der Waals surface area contributed by atoms with Gasteiger partial charge in [-0.2, -0.15) is 0 Å². The van der Waals surface area contributed by atoms with Gasteiger partial charge >= 0.3 is 0 Å². The first kappa shape index (κ1) is 14.7. The number of likely N-dealkylation sites (N-methyl/N-ethyl adjacent to an activating group) is 1. The van der Waals surface area contributed by atoms with Gasteiger partial charge in [-0.3, -0.25) is 0 Å². The van der Waals surface area contributed by atoms with Gasteiger partial charge in [-0.05, 0) is 36.1 Å². The molecule has 0 spiro atoms. The van der Waals surface area contributed by atoms with Crippen LogP contribution in [0, 0.1) is 0 Å². The van der Waals surface area contributed by atoms with Gasteiger partial charge in [0.15, 0.2) is 0 Å². The molecule has 0 saturated heterocycles. The van der Waals surface area contributed by atoms with Gasteiger partial charge in [-0.15, -0.1) is 0 Å². The molecule has 0 amide bonds. The summed E-state index contributed by atoms with van der Waals surface area (Å²) in [5, 5.41) is 3.29. The standard InChI is InChI=1S/C17H23N3/c1-17(2,3)14-8-6-13(7-9-14)12-15(18-4)16-19-10-5-11-20-16/h5-11,15,18H,12H2,1-4H3. The van der Waals surface area contributed by atoms with E-state index in [2.05, 4.69) is 60.3 Å². The number of hydrogen-bond acceptors (Lipinski definition) is 3. The van der Waals surface area contributed by atoms with Crippen LogP contribution in [0.5, 0.6) is 0 Å².